The van der Waals surface area contributed by atoms with Crippen LogP contribution in [0.25, 0.3) is 0 Å². The third-order valence-electron chi connectivity index (χ3n) is 5.92. The van der Waals surface area contributed by atoms with E-state index in [2.05, 4.69) is 71.7 Å². The lowest BCUT2D eigenvalue weighted by molar-refractivity contribution is 0.0608. The minimum Gasteiger partial charge on any atom is -0.369 e. The highest BCUT2D eigenvalue weighted by atomic mass is 35.5. The molecular formula is C24H42Cl2N8OS. The second-order valence-electron chi connectivity index (χ2n) is 10.4. The maximum atomic E-state index is 14.0. The predicted molar refractivity (Wildman–Crippen MR) is 153 cm³/mol. The summed E-state index contributed by atoms with van der Waals surface area (Å²) in [4.78, 5) is 29.7. The predicted octanol–water partition coefficient (Wildman–Crippen LogP) is 4.14. The van der Waals surface area contributed by atoms with Gasteiger partial charge in [-0.1, -0.05) is 34.6 Å². The van der Waals surface area contributed by atoms with Gasteiger partial charge in [0.05, 0.1) is 0 Å². The largest absolute Gasteiger partial charge is 0.369 e. The Morgan fingerprint density at radius 3 is 2.61 bits per heavy atom. The van der Waals surface area contributed by atoms with E-state index in [9.17, 15) is 4.79 Å². The first-order chi connectivity index (χ1) is 16.2. The molecule has 1 aliphatic rings. The summed E-state index contributed by atoms with van der Waals surface area (Å²) >= 11 is 1.82. The van der Waals surface area contributed by atoms with Crippen molar-refractivity contribution in [2.45, 2.75) is 64.8 Å². The van der Waals surface area contributed by atoms with Gasteiger partial charge >= 0.3 is 0 Å². The van der Waals surface area contributed by atoms with Gasteiger partial charge in [-0.05, 0) is 30.8 Å². The van der Waals surface area contributed by atoms with E-state index in [4.69, 9.17) is 4.98 Å². The number of nitrogens with one attached hydrogen (secondary N) is 3. The van der Waals surface area contributed by atoms with Crippen molar-refractivity contribution in [3.8, 4) is 0 Å². The van der Waals surface area contributed by atoms with Crippen LogP contribution < -0.4 is 10.6 Å². The number of rotatable bonds is 10. The fourth-order valence-electron chi connectivity index (χ4n) is 4.18. The molecule has 1 aliphatic heterocycles. The molecule has 0 spiro atoms. The Bertz CT molecular complexity index is 923. The molecule has 12 heteroatoms. The fraction of sp³-hybridized carbons (Fsp3) is 0.708. The normalized spacial score (nSPS) is 17.8. The molecule has 1 amide bonds. The smallest absolute Gasteiger partial charge is 0.259 e. The third-order valence-corrected chi connectivity index (χ3v) is 6.62. The van der Waals surface area contributed by atoms with Gasteiger partial charge in [-0.25, -0.2) is 15.0 Å². The molecule has 9 nitrogen and oxygen atoms in total. The highest BCUT2D eigenvalue weighted by molar-refractivity contribution is 7.98. The molecule has 1 fully saturated rings. The van der Waals surface area contributed by atoms with Crippen LogP contribution in [0, 0.1) is 5.92 Å². The number of amides is 1. The van der Waals surface area contributed by atoms with Crippen LogP contribution in [0.1, 0.15) is 75.4 Å². The molecule has 0 saturated carbocycles. The highest BCUT2D eigenvalue weighted by Gasteiger charge is 2.34. The summed E-state index contributed by atoms with van der Waals surface area (Å²) in [6.07, 6.45) is 7.19. The molecule has 0 bridgehead atoms. The number of halogens is 2. The van der Waals surface area contributed by atoms with Crippen LogP contribution in [-0.4, -0.2) is 80.2 Å². The summed E-state index contributed by atoms with van der Waals surface area (Å²) in [5.74, 6) is 3.79. The minimum absolute atomic E-state index is 0. The number of piperidine rings is 1. The fourth-order valence-corrected chi connectivity index (χ4v) is 4.61. The molecule has 2 aromatic heterocycles. The van der Waals surface area contributed by atoms with Gasteiger partial charge in [-0.2, -0.15) is 16.9 Å². The number of aromatic amines is 1. The second kappa shape index (κ2) is 15.0. The van der Waals surface area contributed by atoms with Crippen molar-refractivity contribution in [3.05, 3.63) is 29.7 Å². The van der Waals surface area contributed by atoms with E-state index in [-0.39, 0.29) is 48.1 Å². The Morgan fingerprint density at radius 1 is 1.25 bits per heavy atom. The topological polar surface area (TPSA) is 112 Å². The van der Waals surface area contributed by atoms with Crippen molar-refractivity contribution in [1.82, 2.24) is 35.4 Å². The summed E-state index contributed by atoms with van der Waals surface area (Å²) in [6, 6.07) is 0.0467. The average molecular weight is 562 g/mol. The molecule has 0 radical (unpaired) electrons. The number of carbonyl (C=O) groups excluding carboxylic acids is 1. The van der Waals surface area contributed by atoms with Gasteiger partial charge in [-0.15, -0.1) is 24.8 Å². The first-order valence-corrected chi connectivity index (χ1v) is 13.6. The molecule has 0 aliphatic carbocycles. The van der Waals surface area contributed by atoms with E-state index in [1.807, 2.05) is 16.7 Å². The van der Waals surface area contributed by atoms with Crippen LogP contribution in [0.2, 0.25) is 0 Å². The zero-order valence-electron chi connectivity index (χ0n) is 22.2. The SMILES string of the molecule is CSCCCNc1nc(C(C)(C)C)ncc1C(=O)N(CC(C)C)[C@@H]1CNC[C@H](c2ncn[nH]2)C1.Cl.Cl. The van der Waals surface area contributed by atoms with Crippen LogP contribution >= 0.6 is 36.6 Å². The summed E-state index contributed by atoms with van der Waals surface area (Å²) < 4.78 is 0. The first-order valence-electron chi connectivity index (χ1n) is 12.2. The van der Waals surface area contributed by atoms with Gasteiger partial charge < -0.3 is 15.5 Å². The zero-order chi connectivity index (χ0) is 24.7. The van der Waals surface area contributed by atoms with Crippen LogP contribution in [-0.2, 0) is 5.41 Å². The summed E-state index contributed by atoms with van der Waals surface area (Å²) in [5, 5.41) is 13.9. The van der Waals surface area contributed by atoms with E-state index in [1.165, 1.54) is 0 Å². The van der Waals surface area contributed by atoms with Gasteiger partial charge in [0.25, 0.3) is 5.91 Å². The molecule has 3 heterocycles. The molecule has 1 saturated heterocycles. The zero-order valence-corrected chi connectivity index (χ0v) is 24.7. The van der Waals surface area contributed by atoms with Gasteiger partial charge in [0.2, 0.25) is 0 Å². The van der Waals surface area contributed by atoms with Gasteiger partial charge in [0, 0.05) is 49.8 Å². The number of thioether (sulfide) groups is 1. The quantitative estimate of drug-likeness (QED) is 0.371. The van der Waals surface area contributed by atoms with Crippen molar-refractivity contribution in [2.75, 3.05) is 43.5 Å². The summed E-state index contributed by atoms with van der Waals surface area (Å²) in [6.45, 7) is 13.6. The van der Waals surface area contributed by atoms with Gasteiger partial charge in [-0.3, -0.25) is 9.89 Å². The van der Waals surface area contributed by atoms with E-state index in [1.54, 1.807) is 12.5 Å². The van der Waals surface area contributed by atoms with Crippen molar-refractivity contribution in [1.29, 1.82) is 0 Å². The average Bonchev–Trinajstić information content (AvgIpc) is 3.34. The summed E-state index contributed by atoms with van der Waals surface area (Å²) in [7, 11) is 0. The Hall–Kier alpha value is -1.62. The maximum Gasteiger partial charge on any atom is 0.259 e. The molecule has 0 unspecified atom stereocenters. The highest BCUT2D eigenvalue weighted by Crippen LogP contribution is 2.27. The second-order valence-corrected chi connectivity index (χ2v) is 11.4. The molecule has 3 rings (SSSR count). The lowest BCUT2D eigenvalue weighted by Gasteiger charge is -2.38. The molecular weight excluding hydrogens is 519 g/mol. The van der Waals surface area contributed by atoms with Crippen molar-refractivity contribution >= 4 is 48.3 Å². The molecule has 3 N–H and O–H groups in total. The van der Waals surface area contributed by atoms with Crippen molar-refractivity contribution in [2.24, 2.45) is 5.92 Å². The minimum atomic E-state index is -0.202. The lowest BCUT2D eigenvalue weighted by atomic mass is 9.93. The van der Waals surface area contributed by atoms with Crippen molar-refractivity contribution in [3.63, 3.8) is 0 Å². The number of H-pyrrole nitrogens is 1. The van der Waals surface area contributed by atoms with Crippen molar-refractivity contribution < 1.29 is 4.79 Å². The summed E-state index contributed by atoms with van der Waals surface area (Å²) in [5.41, 5.74) is 0.339. The number of carbonyl (C=O) groups is 1. The van der Waals surface area contributed by atoms with Gasteiger partial charge in [0.15, 0.2) is 0 Å². The Morgan fingerprint density at radius 2 is 2.00 bits per heavy atom. The number of anilines is 1. The van der Waals surface area contributed by atoms with Crippen LogP contribution in [0.4, 0.5) is 5.82 Å². The van der Waals surface area contributed by atoms with Gasteiger partial charge in [0.1, 0.15) is 29.4 Å². The molecule has 2 aromatic rings. The third kappa shape index (κ3) is 8.75. The first kappa shape index (κ1) is 32.4. The molecule has 204 valence electrons. The standard InChI is InChI=1S/C24H40N8OS.2ClH/c1-16(2)14-32(18-10-17(11-25-12-18)20-28-15-29-31-20)22(33)19-13-27-23(24(3,4)5)30-21(19)26-8-7-9-34-6;;/h13,15-18,25H,7-12,14H2,1-6H3,(H,26,27,30)(H,28,29,31);2*1H/t17-,18+;;/m1../s1. The van der Waals surface area contributed by atoms with E-state index < -0.39 is 0 Å². The van der Waals surface area contributed by atoms with E-state index >= 15 is 0 Å². The van der Waals surface area contributed by atoms with Crippen LogP contribution in [0.15, 0.2) is 12.5 Å². The molecule has 36 heavy (non-hydrogen) atoms. The number of nitrogens with zero attached hydrogens (tertiary/aromatic N) is 5. The monoisotopic (exact) mass is 560 g/mol. The lowest BCUT2D eigenvalue weighted by Crippen LogP contribution is -2.52. The molecule has 0 aromatic carbocycles. The Labute approximate surface area is 232 Å². The number of hydrogen-bond acceptors (Lipinski definition) is 8. The van der Waals surface area contributed by atoms with E-state index in [0.717, 1.165) is 49.9 Å². The van der Waals surface area contributed by atoms with Crippen LogP contribution in [0.5, 0.6) is 0 Å². The maximum absolute atomic E-state index is 14.0. The number of hydrogen-bond donors (Lipinski definition) is 3. The van der Waals surface area contributed by atoms with Crippen LogP contribution in [0.3, 0.4) is 0 Å². The Balaban J connectivity index is 0.00000324. The van der Waals surface area contributed by atoms with E-state index in [0.29, 0.717) is 23.8 Å². The Kier molecular flexibility index (Phi) is 13.5. The number of aromatic nitrogens is 5. The molecule has 2 atom stereocenters.